The predicted octanol–water partition coefficient (Wildman–Crippen LogP) is -0.771. The molecule has 0 radical (unpaired) electrons. The third-order valence-electron chi connectivity index (χ3n) is 1.14. The van der Waals surface area contributed by atoms with Crippen molar-refractivity contribution in [3.05, 3.63) is 0 Å². The van der Waals surface area contributed by atoms with Gasteiger partial charge in [0.15, 0.2) is 6.61 Å². The maximum atomic E-state index is 10.8. The van der Waals surface area contributed by atoms with Crippen LogP contribution in [0, 0.1) is 0 Å². The Morgan fingerprint density at radius 2 is 1.79 bits per heavy atom. The average molecular weight is 203 g/mol. The smallest absolute Gasteiger partial charge is 0.344 e. The Morgan fingerprint density at radius 1 is 1.14 bits per heavy atom. The zero-order valence-corrected chi connectivity index (χ0v) is 8.16. The van der Waals surface area contributed by atoms with Crippen molar-refractivity contribution >= 4 is 17.8 Å². The Hall–Kier alpha value is -1.59. The number of hydrogen-bond donors (Lipinski definition) is 1. The van der Waals surface area contributed by atoms with Gasteiger partial charge >= 0.3 is 11.9 Å². The Balaban J connectivity index is 3.53. The van der Waals surface area contributed by atoms with E-state index in [1.54, 1.807) is 6.92 Å². The number of carbonyl (C=O) groups is 3. The highest BCUT2D eigenvalue weighted by molar-refractivity contribution is 5.81. The van der Waals surface area contributed by atoms with E-state index in [9.17, 15) is 14.4 Å². The lowest BCUT2D eigenvalue weighted by Crippen LogP contribution is -2.29. The van der Waals surface area contributed by atoms with Crippen LogP contribution in [-0.2, 0) is 23.9 Å². The van der Waals surface area contributed by atoms with Gasteiger partial charge in [-0.3, -0.25) is 9.59 Å². The third-order valence-corrected chi connectivity index (χ3v) is 1.14. The van der Waals surface area contributed by atoms with E-state index in [-0.39, 0.29) is 19.1 Å². The number of ether oxygens (including phenoxy) is 2. The van der Waals surface area contributed by atoms with Gasteiger partial charge in [-0.1, -0.05) is 0 Å². The van der Waals surface area contributed by atoms with Gasteiger partial charge in [0.2, 0.25) is 5.91 Å². The lowest BCUT2D eigenvalue weighted by molar-refractivity contribution is -0.158. The third kappa shape index (κ3) is 7.08. The van der Waals surface area contributed by atoms with Gasteiger partial charge in [-0.05, 0) is 6.92 Å². The molecule has 0 saturated heterocycles. The maximum Gasteiger partial charge on any atom is 0.344 e. The molecule has 0 bridgehead atoms. The van der Waals surface area contributed by atoms with Gasteiger partial charge in [-0.15, -0.1) is 0 Å². The van der Waals surface area contributed by atoms with Crippen molar-refractivity contribution in [3.63, 3.8) is 0 Å². The van der Waals surface area contributed by atoms with Gasteiger partial charge in [0.25, 0.3) is 0 Å². The summed E-state index contributed by atoms with van der Waals surface area (Å²) in [4.78, 5) is 31.9. The summed E-state index contributed by atoms with van der Waals surface area (Å²) in [5.41, 5.74) is 0. The van der Waals surface area contributed by atoms with Crippen LogP contribution >= 0.6 is 0 Å². The Bertz CT molecular complexity index is 226. The Labute approximate surface area is 81.6 Å². The first-order valence-corrected chi connectivity index (χ1v) is 4.12. The molecule has 14 heavy (non-hydrogen) atoms. The Morgan fingerprint density at radius 3 is 2.29 bits per heavy atom. The summed E-state index contributed by atoms with van der Waals surface area (Å²) in [6.45, 7) is 2.50. The molecule has 80 valence electrons. The average Bonchev–Trinajstić information content (AvgIpc) is 2.12. The second-order valence-corrected chi connectivity index (χ2v) is 2.38. The molecule has 0 aromatic heterocycles. The van der Waals surface area contributed by atoms with Crippen LogP contribution < -0.4 is 5.32 Å². The first-order chi connectivity index (χ1) is 6.56. The van der Waals surface area contributed by atoms with Crippen LogP contribution in [0.25, 0.3) is 0 Å². The molecule has 0 aliphatic carbocycles. The maximum absolute atomic E-state index is 10.8. The SMILES string of the molecule is CCOC(=O)COC(=O)CNC(C)=O. The predicted molar refractivity (Wildman–Crippen MR) is 46.3 cm³/mol. The molecule has 0 spiro atoms. The second kappa shape index (κ2) is 6.88. The fourth-order valence-electron chi connectivity index (χ4n) is 0.590. The van der Waals surface area contributed by atoms with Crippen LogP contribution in [0.15, 0.2) is 0 Å². The van der Waals surface area contributed by atoms with Gasteiger partial charge in [-0.25, -0.2) is 4.79 Å². The highest BCUT2D eigenvalue weighted by Crippen LogP contribution is 1.82. The van der Waals surface area contributed by atoms with Crippen LogP contribution in [0.1, 0.15) is 13.8 Å². The summed E-state index contributed by atoms with van der Waals surface area (Å²) < 4.78 is 8.99. The lowest BCUT2D eigenvalue weighted by Gasteiger charge is -2.04. The highest BCUT2D eigenvalue weighted by Gasteiger charge is 2.07. The summed E-state index contributed by atoms with van der Waals surface area (Å²) in [6.07, 6.45) is 0. The van der Waals surface area contributed by atoms with Crippen molar-refractivity contribution in [1.82, 2.24) is 5.32 Å². The molecular formula is C8H13NO5. The van der Waals surface area contributed by atoms with E-state index < -0.39 is 18.5 Å². The van der Waals surface area contributed by atoms with Crippen LogP contribution in [0.4, 0.5) is 0 Å². The molecule has 0 aromatic rings. The summed E-state index contributed by atoms with van der Waals surface area (Å²) in [5.74, 6) is -1.62. The molecule has 0 fully saturated rings. The van der Waals surface area contributed by atoms with Crippen molar-refractivity contribution in [3.8, 4) is 0 Å². The van der Waals surface area contributed by atoms with Gasteiger partial charge in [0.1, 0.15) is 6.54 Å². The number of nitrogens with one attached hydrogen (secondary N) is 1. The largest absolute Gasteiger partial charge is 0.463 e. The van der Waals surface area contributed by atoms with Crippen molar-refractivity contribution in [2.75, 3.05) is 19.8 Å². The molecule has 1 N–H and O–H groups in total. The van der Waals surface area contributed by atoms with Crippen LogP contribution in [0.5, 0.6) is 0 Å². The van der Waals surface area contributed by atoms with E-state index in [1.807, 2.05) is 0 Å². The van der Waals surface area contributed by atoms with Crippen molar-refractivity contribution in [1.29, 1.82) is 0 Å². The molecule has 0 aliphatic rings. The lowest BCUT2D eigenvalue weighted by atomic mass is 10.6. The standard InChI is InChI=1S/C8H13NO5/c1-3-13-8(12)5-14-7(11)4-9-6(2)10/h3-5H2,1-2H3,(H,9,10). The van der Waals surface area contributed by atoms with Crippen LogP contribution in [-0.4, -0.2) is 37.6 Å². The molecule has 0 aliphatic heterocycles. The van der Waals surface area contributed by atoms with Gasteiger partial charge < -0.3 is 14.8 Å². The molecule has 6 heteroatoms. The molecule has 0 rings (SSSR count). The molecule has 0 heterocycles. The molecule has 6 nitrogen and oxygen atoms in total. The van der Waals surface area contributed by atoms with Gasteiger partial charge in [0, 0.05) is 6.92 Å². The van der Waals surface area contributed by atoms with E-state index in [0.717, 1.165) is 0 Å². The molecule has 0 atom stereocenters. The zero-order chi connectivity index (χ0) is 11.0. The van der Waals surface area contributed by atoms with E-state index in [0.29, 0.717) is 0 Å². The van der Waals surface area contributed by atoms with Gasteiger partial charge in [-0.2, -0.15) is 0 Å². The summed E-state index contributed by atoms with van der Waals surface area (Å²) in [5, 5.41) is 2.24. The number of esters is 2. The summed E-state index contributed by atoms with van der Waals surface area (Å²) >= 11 is 0. The molecule has 0 saturated carbocycles. The van der Waals surface area contributed by atoms with Crippen molar-refractivity contribution in [2.45, 2.75) is 13.8 Å². The number of carbonyl (C=O) groups excluding carboxylic acids is 3. The first-order valence-electron chi connectivity index (χ1n) is 4.12. The van der Waals surface area contributed by atoms with Crippen LogP contribution in [0.2, 0.25) is 0 Å². The van der Waals surface area contributed by atoms with E-state index in [1.165, 1.54) is 6.92 Å². The molecule has 0 aromatic carbocycles. The minimum absolute atomic E-state index is 0.238. The quantitative estimate of drug-likeness (QED) is 0.593. The topological polar surface area (TPSA) is 81.7 Å². The number of amides is 1. The minimum atomic E-state index is -0.673. The summed E-state index contributed by atoms with van der Waals surface area (Å²) in [7, 11) is 0. The number of hydrogen-bond acceptors (Lipinski definition) is 5. The fraction of sp³-hybridized carbons (Fsp3) is 0.625. The fourth-order valence-corrected chi connectivity index (χ4v) is 0.590. The second-order valence-electron chi connectivity index (χ2n) is 2.38. The monoisotopic (exact) mass is 203 g/mol. The van der Waals surface area contributed by atoms with Gasteiger partial charge in [0.05, 0.1) is 6.61 Å². The van der Waals surface area contributed by atoms with Crippen molar-refractivity contribution < 1.29 is 23.9 Å². The first kappa shape index (κ1) is 12.4. The van der Waals surface area contributed by atoms with E-state index >= 15 is 0 Å². The number of rotatable bonds is 5. The molecule has 0 unspecified atom stereocenters. The molecule has 1 amide bonds. The normalized spacial score (nSPS) is 9.00. The minimum Gasteiger partial charge on any atom is -0.463 e. The van der Waals surface area contributed by atoms with Crippen molar-refractivity contribution in [2.24, 2.45) is 0 Å². The Kier molecular flexibility index (Phi) is 6.09. The zero-order valence-electron chi connectivity index (χ0n) is 8.16. The van der Waals surface area contributed by atoms with E-state index in [4.69, 9.17) is 0 Å². The summed E-state index contributed by atoms with van der Waals surface area (Å²) in [6, 6.07) is 0. The van der Waals surface area contributed by atoms with E-state index in [2.05, 4.69) is 14.8 Å². The highest BCUT2D eigenvalue weighted by atomic mass is 16.6. The molecular weight excluding hydrogens is 190 g/mol. The van der Waals surface area contributed by atoms with Crippen LogP contribution in [0.3, 0.4) is 0 Å².